The van der Waals surface area contributed by atoms with Crippen molar-refractivity contribution in [2.24, 2.45) is 11.8 Å². The van der Waals surface area contributed by atoms with Gasteiger partial charge in [-0.05, 0) is 25.2 Å². The fourth-order valence-corrected chi connectivity index (χ4v) is 2.85. The van der Waals surface area contributed by atoms with Crippen molar-refractivity contribution in [3.05, 3.63) is 11.4 Å². The number of nitrogens with one attached hydrogen (secondary N) is 1. The molecule has 1 aliphatic rings. The lowest BCUT2D eigenvalue weighted by atomic mass is 9.95. The second kappa shape index (κ2) is 5.98. The van der Waals surface area contributed by atoms with Gasteiger partial charge in [0.05, 0.1) is 0 Å². The third kappa shape index (κ3) is 2.89. The van der Waals surface area contributed by atoms with E-state index < -0.39 is 0 Å². The normalized spacial score (nSPS) is 19.2. The third-order valence-corrected chi connectivity index (χ3v) is 4.36. The first-order chi connectivity index (χ1) is 9.43. The van der Waals surface area contributed by atoms with Crippen molar-refractivity contribution in [3.63, 3.8) is 0 Å². The molecular weight excluding hydrogens is 248 g/mol. The maximum Gasteiger partial charge on any atom is 0.137 e. The molecule has 0 radical (unpaired) electrons. The van der Waals surface area contributed by atoms with Gasteiger partial charge in [-0.2, -0.15) is 0 Å². The highest BCUT2D eigenvalue weighted by molar-refractivity contribution is 5.59. The Morgan fingerprint density at radius 1 is 1.20 bits per heavy atom. The van der Waals surface area contributed by atoms with E-state index in [0.29, 0.717) is 5.92 Å². The van der Waals surface area contributed by atoms with Crippen molar-refractivity contribution in [1.82, 2.24) is 9.97 Å². The van der Waals surface area contributed by atoms with Gasteiger partial charge in [0.25, 0.3) is 0 Å². The lowest BCUT2D eigenvalue weighted by Crippen LogP contribution is -2.24. The molecule has 0 saturated carbocycles. The van der Waals surface area contributed by atoms with Gasteiger partial charge in [-0.25, -0.2) is 9.97 Å². The van der Waals surface area contributed by atoms with Gasteiger partial charge in [0.1, 0.15) is 17.5 Å². The van der Waals surface area contributed by atoms with Crippen molar-refractivity contribution in [2.75, 3.05) is 30.4 Å². The number of hydrogen-bond acceptors (Lipinski definition) is 4. The summed E-state index contributed by atoms with van der Waals surface area (Å²) in [5, 5.41) is 3.21. The van der Waals surface area contributed by atoms with Crippen LogP contribution in [-0.4, -0.2) is 30.1 Å². The van der Waals surface area contributed by atoms with Gasteiger partial charge in [0, 0.05) is 31.6 Å². The van der Waals surface area contributed by atoms with E-state index in [1.807, 2.05) is 7.05 Å². The first kappa shape index (κ1) is 15.1. The van der Waals surface area contributed by atoms with E-state index in [0.717, 1.165) is 42.4 Å². The SMILES string of the molecule is CNc1nc(C(C)C)nc(N2CCC(C(C)C)C2)c1C. The molecule has 1 aromatic heterocycles. The van der Waals surface area contributed by atoms with Gasteiger partial charge >= 0.3 is 0 Å². The second-order valence-electron chi connectivity index (χ2n) is 6.52. The molecule has 2 rings (SSSR count). The molecule has 1 aromatic rings. The first-order valence-corrected chi connectivity index (χ1v) is 7.75. The molecule has 0 spiro atoms. The van der Waals surface area contributed by atoms with Crippen LogP contribution in [0.4, 0.5) is 11.6 Å². The zero-order valence-electron chi connectivity index (χ0n) is 13.7. The van der Waals surface area contributed by atoms with Crippen LogP contribution in [-0.2, 0) is 0 Å². The lowest BCUT2D eigenvalue weighted by molar-refractivity contribution is 0.422. The Morgan fingerprint density at radius 3 is 2.40 bits per heavy atom. The van der Waals surface area contributed by atoms with Gasteiger partial charge in [0.15, 0.2) is 0 Å². The Bertz CT molecular complexity index is 468. The number of rotatable bonds is 4. The number of aromatic nitrogens is 2. The monoisotopic (exact) mass is 276 g/mol. The highest BCUT2D eigenvalue weighted by atomic mass is 15.2. The molecule has 0 amide bonds. The lowest BCUT2D eigenvalue weighted by Gasteiger charge is -2.23. The topological polar surface area (TPSA) is 41.1 Å². The quantitative estimate of drug-likeness (QED) is 0.914. The summed E-state index contributed by atoms with van der Waals surface area (Å²) in [7, 11) is 1.93. The Labute approximate surface area is 123 Å². The van der Waals surface area contributed by atoms with E-state index in [-0.39, 0.29) is 0 Å². The summed E-state index contributed by atoms with van der Waals surface area (Å²) in [6, 6.07) is 0. The molecule has 20 heavy (non-hydrogen) atoms. The van der Waals surface area contributed by atoms with Crippen LogP contribution < -0.4 is 10.2 Å². The molecule has 4 nitrogen and oxygen atoms in total. The molecule has 1 atom stereocenters. The van der Waals surface area contributed by atoms with E-state index in [2.05, 4.69) is 49.8 Å². The molecule has 1 unspecified atom stereocenters. The van der Waals surface area contributed by atoms with Crippen LogP contribution in [0.25, 0.3) is 0 Å². The molecule has 0 bridgehead atoms. The van der Waals surface area contributed by atoms with Crippen molar-refractivity contribution in [3.8, 4) is 0 Å². The van der Waals surface area contributed by atoms with Crippen LogP contribution in [0.15, 0.2) is 0 Å². The van der Waals surface area contributed by atoms with E-state index >= 15 is 0 Å². The molecular formula is C16H28N4. The first-order valence-electron chi connectivity index (χ1n) is 7.75. The van der Waals surface area contributed by atoms with Crippen molar-refractivity contribution in [1.29, 1.82) is 0 Å². The minimum Gasteiger partial charge on any atom is -0.373 e. The second-order valence-corrected chi connectivity index (χ2v) is 6.52. The molecule has 0 aromatic carbocycles. The summed E-state index contributed by atoms with van der Waals surface area (Å²) >= 11 is 0. The maximum absolute atomic E-state index is 4.83. The summed E-state index contributed by atoms with van der Waals surface area (Å²) in [5.41, 5.74) is 1.17. The number of hydrogen-bond donors (Lipinski definition) is 1. The predicted molar refractivity (Wildman–Crippen MR) is 85.6 cm³/mol. The van der Waals surface area contributed by atoms with Crippen LogP contribution >= 0.6 is 0 Å². The summed E-state index contributed by atoms with van der Waals surface area (Å²) in [6.45, 7) is 13.3. The van der Waals surface area contributed by atoms with Crippen LogP contribution in [0.5, 0.6) is 0 Å². The minimum absolute atomic E-state index is 0.352. The standard InChI is InChI=1S/C16H28N4/c1-10(2)13-7-8-20(9-13)16-12(5)15(17-6)18-14(19-16)11(3)4/h10-11,13H,7-9H2,1-6H3,(H,17,18,19). The summed E-state index contributed by atoms with van der Waals surface area (Å²) in [6.07, 6.45) is 1.27. The van der Waals surface area contributed by atoms with E-state index in [9.17, 15) is 0 Å². The van der Waals surface area contributed by atoms with Gasteiger partial charge in [-0.3, -0.25) is 0 Å². The predicted octanol–water partition coefficient (Wildman–Crippen LogP) is 3.43. The van der Waals surface area contributed by atoms with Gasteiger partial charge in [0.2, 0.25) is 0 Å². The molecule has 1 N–H and O–H groups in total. The molecule has 1 saturated heterocycles. The Balaban J connectivity index is 2.33. The van der Waals surface area contributed by atoms with Crippen molar-refractivity contribution in [2.45, 2.75) is 47.0 Å². The molecule has 4 heteroatoms. The molecule has 112 valence electrons. The Morgan fingerprint density at radius 2 is 1.90 bits per heavy atom. The van der Waals surface area contributed by atoms with Crippen molar-refractivity contribution >= 4 is 11.6 Å². The van der Waals surface area contributed by atoms with Gasteiger partial charge in [-0.15, -0.1) is 0 Å². The maximum atomic E-state index is 4.83. The highest BCUT2D eigenvalue weighted by Crippen LogP contribution is 2.32. The zero-order valence-corrected chi connectivity index (χ0v) is 13.7. The van der Waals surface area contributed by atoms with Gasteiger partial charge < -0.3 is 10.2 Å². The fraction of sp³-hybridized carbons (Fsp3) is 0.750. The van der Waals surface area contributed by atoms with E-state index in [1.54, 1.807) is 0 Å². The number of nitrogens with zero attached hydrogens (tertiary/aromatic N) is 3. The summed E-state index contributed by atoms with van der Waals surface area (Å²) in [5.74, 6) is 4.90. The highest BCUT2D eigenvalue weighted by Gasteiger charge is 2.28. The van der Waals surface area contributed by atoms with Gasteiger partial charge in [-0.1, -0.05) is 27.7 Å². The van der Waals surface area contributed by atoms with Crippen molar-refractivity contribution < 1.29 is 0 Å². The smallest absolute Gasteiger partial charge is 0.137 e. The van der Waals surface area contributed by atoms with Crippen LogP contribution in [0.3, 0.4) is 0 Å². The minimum atomic E-state index is 0.352. The average Bonchev–Trinajstić information content (AvgIpc) is 2.88. The molecule has 2 heterocycles. The van der Waals surface area contributed by atoms with Crippen LogP contribution in [0.2, 0.25) is 0 Å². The Hall–Kier alpha value is -1.32. The third-order valence-electron chi connectivity index (χ3n) is 4.36. The molecule has 0 aliphatic carbocycles. The summed E-state index contributed by atoms with van der Waals surface area (Å²) in [4.78, 5) is 11.9. The van der Waals surface area contributed by atoms with Crippen LogP contribution in [0, 0.1) is 18.8 Å². The Kier molecular flexibility index (Phi) is 4.51. The molecule has 1 aliphatic heterocycles. The fourth-order valence-electron chi connectivity index (χ4n) is 2.85. The molecule has 1 fully saturated rings. The van der Waals surface area contributed by atoms with Crippen LogP contribution in [0.1, 0.15) is 51.4 Å². The van der Waals surface area contributed by atoms with E-state index in [4.69, 9.17) is 4.98 Å². The van der Waals surface area contributed by atoms with E-state index in [1.165, 1.54) is 12.0 Å². The number of anilines is 2. The zero-order chi connectivity index (χ0) is 14.9. The largest absolute Gasteiger partial charge is 0.373 e. The average molecular weight is 276 g/mol. The summed E-state index contributed by atoms with van der Waals surface area (Å²) < 4.78 is 0.